The van der Waals surface area contributed by atoms with Crippen LogP contribution in [-0.4, -0.2) is 20.1 Å². The number of hydrogen-bond acceptors (Lipinski definition) is 6. The van der Waals surface area contributed by atoms with E-state index in [9.17, 15) is 13.2 Å². The standard InChI is InChI=1S/C22H14ClNO5S/c23-17-12-10-15(11-13-17)21-19(22(25)28-24-21)14-16-6-4-5-9-20(16)29-30(26,27)18-7-2-1-3-8-18/h1-14H. The summed E-state index contributed by atoms with van der Waals surface area (Å²) < 4.78 is 30.5. The van der Waals surface area contributed by atoms with Crippen LogP contribution in [0, 0.1) is 0 Å². The molecule has 0 N–H and O–H groups in total. The van der Waals surface area contributed by atoms with Crippen molar-refractivity contribution < 1.29 is 22.2 Å². The maximum atomic E-state index is 12.6. The highest BCUT2D eigenvalue weighted by atomic mass is 35.5. The minimum atomic E-state index is -4.04. The molecule has 1 aliphatic rings. The van der Waals surface area contributed by atoms with Gasteiger partial charge in [-0.1, -0.05) is 65.3 Å². The minimum Gasteiger partial charge on any atom is -0.378 e. The zero-order valence-corrected chi connectivity index (χ0v) is 16.9. The minimum absolute atomic E-state index is 0.0242. The molecule has 8 heteroatoms. The zero-order chi connectivity index (χ0) is 21.1. The summed E-state index contributed by atoms with van der Waals surface area (Å²) >= 11 is 5.92. The molecule has 0 radical (unpaired) electrons. The van der Waals surface area contributed by atoms with Gasteiger partial charge in [0.15, 0.2) is 0 Å². The highest BCUT2D eigenvalue weighted by Crippen LogP contribution is 2.28. The predicted octanol–water partition coefficient (Wildman–Crippen LogP) is 4.45. The lowest BCUT2D eigenvalue weighted by molar-refractivity contribution is -0.136. The molecule has 0 amide bonds. The second-order valence-corrected chi connectivity index (χ2v) is 8.25. The van der Waals surface area contributed by atoms with Crippen molar-refractivity contribution in [2.75, 3.05) is 0 Å². The van der Waals surface area contributed by atoms with Crippen LogP contribution in [0.25, 0.3) is 6.08 Å². The van der Waals surface area contributed by atoms with E-state index in [1.807, 2.05) is 0 Å². The summed E-state index contributed by atoms with van der Waals surface area (Å²) in [4.78, 5) is 17.1. The molecule has 0 aromatic heterocycles. The average molecular weight is 440 g/mol. The molecule has 0 unspecified atom stereocenters. The van der Waals surface area contributed by atoms with E-state index in [-0.39, 0.29) is 16.2 Å². The third kappa shape index (κ3) is 4.12. The Labute approximate surface area is 178 Å². The topological polar surface area (TPSA) is 82.0 Å². The van der Waals surface area contributed by atoms with Crippen molar-refractivity contribution in [2.45, 2.75) is 4.90 Å². The molecule has 0 aliphatic carbocycles. The van der Waals surface area contributed by atoms with Gasteiger partial charge in [0.2, 0.25) is 0 Å². The summed E-state index contributed by atoms with van der Waals surface area (Å²) in [6.45, 7) is 0. The Balaban J connectivity index is 1.71. The molecular formula is C22H14ClNO5S. The molecule has 3 aromatic rings. The van der Waals surface area contributed by atoms with Crippen molar-refractivity contribution in [1.29, 1.82) is 0 Å². The van der Waals surface area contributed by atoms with Crippen LogP contribution in [0.1, 0.15) is 11.1 Å². The maximum Gasteiger partial charge on any atom is 0.368 e. The highest BCUT2D eigenvalue weighted by Gasteiger charge is 2.27. The summed E-state index contributed by atoms with van der Waals surface area (Å²) in [5, 5.41) is 4.38. The quantitative estimate of drug-likeness (QED) is 0.333. The number of hydrogen-bond donors (Lipinski definition) is 0. The summed E-state index contributed by atoms with van der Waals surface area (Å²) in [5.74, 6) is -0.579. The molecule has 1 heterocycles. The number of oxime groups is 1. The van der Waals surface area contributed by atoms with Crippen molar-refractivity contribution in [2.24, 2.45) is 5.16 Å². The fraction of sp³-hybridized carbons (Fsp3) is 0. The van der Waals surface area contributed by atoms with Gasteiger partial charge in [0.05, 0.1) is 5.57 Å². The van der Waals surface area contributed by atoms with Gasteiger partial charge >= 0.3 is 16.1 Å². The Kier molecular flexibility index (Phi) is 5.39. The Morgan fingerprint density at radius 1 is 0.900 bits per heavy atom. The molecule has 0 spiro atoms. The van der Waals surface area contributed by atoms with Gasteiger partial charge < -0.3 is 9.02 Å². The monoisotopic (exact) mass is 439 g/mol. The lowest BCUT2D eigenvalue weighted by Crippen LogP contribution is -2.11. The molecular weight excluding hydrogens is 426 g/mol. The van der Waals surface area contributed by atoms with Crippen molar-refractivity contribution in [3.05, 3.63) is 101 Å². The maximum absolute atomic E-state index is 12.6. The molecule has 6 nitrogen and oxygen atoms in total. The predicted molar refractivity (Wildman–Crippen MR) is 113 cm³/mol. The Bertz CT molecular complexity index is 1270. The number of carbonyl (C=O) groups excluding carboxylic acids is 1. The van der Waals surface area contributed by atoms with Crippen molar-refractivity contribution in [3.63, 3.8) is 0 Å². The Hall–Kier alpha value is -3.42. The number of benzene rings is 3. The second kappa shape index (κ2) is 8.14. The largest absolute Gasteiger partial charge is 0.378 e. The summed E-state index contributed by atoms with van der Waals surface area (Å²) in [5.41, 5.74) is 1.50. The first-order valence-corrected chi connectivity index (χ1v) is 10.6. The van der Waals surface area contributed by atoms with Crippen molar-refractivity contribution >= 4 is 39.5 Å². The number of carbonyl (C=O) groups is 1. The van der Waals surface area contributed by atoms with Crippen LogP contribution in [0.15, 0.2) is 94.5 Å². The van der Waals surface area contributed by atoms with Crippen LogP contribution in [0.2, 0.25) is 5.02 Å². The normalized spacial score (nSPS) is 15.0. The van der Waals surface area contributed by atoms with E-state index < -0.39 is 16.1 Å². The van der Waals surface area contributed by atoms with Gasteiger partial charge in [0.1, 0.15) is 16.4 Å². The molecule has 0 atom stereocenters. The van der Waals surface area contributed by atoms with Crippen LogP contribution in [0.3, 0.4) is 0 Å². The molecule has 0 saturated heterocycles. The lowest BCUT2D eigenvalue weighted by Gasteiger charge is -2.10. The van der Waals surface area contributed by atoms with Crippen LogP contribution < -0.4 is 4.18 Å². The molecule has 1 aliphatic heterocycles. The number of rotatable bonds is 5. The molecule has 0 fully saturated rings. The van der Waals surface area contributed by atoms with Crippen molar-refractivity contribution in [3.8, 4) is 5.75 Å². The number of para-hydroxylation sites is 1. The zero-order valence-electron chi connectivity index (χ0n) is 15.4. The lowest BCUT2D eigenvalue weighted by atomic mass is 10.0. The average Bonchev–Trinajstić information content (AvgIpc) is 3.11. The van der Waals surface area contributed by atoms with Gasteiger partial charge in [-0.05, 0) is 36.4 Å². The van der Waals surface area contributed by atoms with Gasteiger partial charge in [-0.15, -0.1) is 0 Å². The van der Waals surface area contributed by atoms with Crippen LogP contribution in [-0.2, 0) is 19.8 Å². The van der Waals surface area contributed by atoms with Gasteiger partial charge in [-0.3, -0.25) is 0 Å². The van der Waals surface area contributed by atoms with Gasteiger partial charge in [0, 0.05) is 16.1 Å². The molecule has 4 rings (SSSR count). The first-order valence-electron chi connectivity index (χ1n) is 8.80. The van der Waals surface area contributed by atoms with E-state index in [2.05, 4.69) is 5.16 Å². The smallest absolute Gasteiger partial charge is 0.368 e. The van der Waals surface area contributed by atoms with Crippen LogP contribution in [0.5, 0.6) is 5.75 Å². The molecule has 0 bridgehead atoms. The molecule has 3 aromatic carbocycles. The van der Waals surface area contributed by atoms with E-state index in [4.69, 9.17) is 20.6 Å². The van der Waals surface area contributed by atoms with Gasteiger partial charge in [-0.25, -0.2) is 4.79 Å². The summed E-state index contributed by atoms with van der Waals surface area (Å²) in [6, 6.07) is 21.0. The SMILES string of the molecule is O=C1ON=C(c2ccc(Cl)cc2)C1=Cc1ccccc1OS(=O)(=O)c1ccccc1. The van der Waals surface area contributed by atoms with Crippen molar-refractivity contribution in [1.82, 2.24) is 0 Å². The van der Waals surface area contributed by atoms with E-state index in [0.717, 1.165) is 0 Å². The van der Waals surface area contributed by atoms with E-state index in [1.54, 1.807) is 60.7 Å². The molecule has 30 heavy (non-hydrogen) atoms. The van der Waals surface area contributed by atoms with E-state index in [0.29, 0.717) is 21.9 Å². The Morgan fingerprint density at radius 3 is 2.30 bits per heavy atom. The highest BCUT2D eigenvalue weighted by molar-refractivity contribution is 7.87. The van der Waals surface area contributed by atoms with Gasteiger partial charge in [0.25, 0.3) is 0 Å². The van der Waals surface area contributed by atoms with E-state index >= 15 is 0 Å². The molecule has 0 saturated carbocycles. The van der Waals surface area contributed by atoms with Crippen LogP contribution >= 0.6 is 11.6 Å². The Morgan fingerprint density at radius 2 is 1.57 bits per heavy atom. The number of nitrogens with zero attached hydrogens (tertiary/aromatic N) is 1. The summed E-state index contributed by atoms with van der Waals surface area (Å²) in [7, 11) is -4.04. The van der Waals surface area contributed by atoms with Crippen LogP contribution in [0.4, 0.5) is 0 Å². The van der Waals surface area contributed by atoms with E-state index in [1.165, 1.54) is 24.3 Å². The fourth-order valence-electron chi connectivity index (χ4n) is 2.81. The van der Waals surface area contributed by atoms with Gasteiger partial charge in [-0.2, -0.15) is 8.42 Å². The third-order valence-corrected chi connectivity index (χ3v) is 5.76. The fourth-order valence-corrected chi connectivity index (χ4v) is 3.91. The molecule has 150 valence electrons. The first-order chi connectivity index (χ1) is 14.4. The number of halogens is 1. The second-order valence-electron chi connectivity index (χ2n) is 6.27. The first kappa shape index (κ1) is 19.9. The summed E-state index contributed by atoms with van der Waals surface area (Å²) in [6.07, 6.45) is 1.48. The third-order valence-electron chi connectivity index (χ3n) is 4.26.